The summed E-state index contributed by atoms with van der Waals surface area (Å²) in [4.78, 5) is 15.8. The van der Waals surface area contributed by atoms with Crippen LogP contribution >= 0.6 is 0 Å². The lowest BCUT2D eigenvalue weighted by molar-refractivity contribution is -0.124. The molecule has 0 aliphatic heterocycles. The van der Waals surface area contributed by atoms with E-state index >= 15 is 0 Å². The first-order valence-corrected chi connectivity index (χ1v) is 5.77. The quantitative estimate of drug-likeness (QED) is 0.287. The molecule has 1 heterocycles. The van der Waals surface area contributed by atoms with E-state index in [0.29, 0.717) is 13.1 Å². The van der Waals surface area contributed by atoms with Gasteiger partial charge in [0.05, 0.1) is 6.33 Å². The van der Waals surface area contributed by atoms with Crippen molar-refractivity contribution in [2.24, 2.45) is 22.7 Å². The molecule has 0 saturated heterocycles. The Morgan fingerprint density at radius 3 is 2.83 bits per heavy atom. The summed E-state index contributed by atoms with van der Waals surface area (Å²) >= 11 is 0. The molecule has 1 aromatic heterocycles. The second kappa shape index (κ2) is 6.63. The molecule has 1 amide bonds. The molecule has 1 aromatic rings. The first-order chi connectivity index (χ1) is 8.56. The highest BCUT2D eigenvalue weighted by Gasteiger charge is 2.26. The minimum absolute atomic E-state index is 0.0332. The number of nitrogens with two attached hydrogens (primary N) is 1. The number of hydrogen-bond acceptors (Lipinski definition) is 4. The average Bonchev–Trinajstić information content (AvgIpc) is 2.81. The molecule has 0 saturated carbocycles. The van der Waals surface area contributed by atoms with Crippen molar-refractivity contribution in [1.29, 1.82) is 0 Å². The van der Waals surface area contributed by atoms with Crippen LogP contribution in [0.15, 0.2) is 23.9 Å². The Labute approximate surface area is 106 Å². The minimum Gasteiger partial charge on any atom is -0.409 e. The van der Waals surface area contributed by atoms with E-state index in [4.69, 9.17) is 10.9 Å². The van der Waals surface area contributed by atoms with Crippen LogP contribution in [0.2, 0.25) is 0 Å². The van der Waals surface area contributed by atoms with Crippen molar-refractivity contribution in [3.8, 4) is 0 Å². The van der Waals surface area contributed by atoms with Crippen molar-refractivity contribution in [1.82, 2.24) is 14.9 Å². The fraction of sp³-hybridized carbons (Fsp3) is 0.545. The minimum atomic E-state index is -0.613. The van der Waals surface area contributed by atoms with E-state index in [2.05, 4.69) is 15.5 Å². The number of carbonyl (C=O) groups excluding carboxylic acids is 1. The molecule has 100 valence electrons. The van der Waals surface area contributed by atoms with E-state index in [1.165, 1.54) is 0 Å². The molecule has 7 heteroatoms. The third kappa shape index (κ3) is 3.76. The van der Waals surface area contributed by atoms with Gasteiger partial charge in [-0.15, -0.1) is 0 Å². The molecule has 1 unspecified atom stereocenters. The number of amides is 1. The summed E-state index contributed by atoms with van der Waals surface area (Å²) in [6.45, 7) is 4.79. The van der Waals surface area contributed by atoms with Crippen LogP contribution in [0.4, 0.5) is 0 Å². The van der Waals surface area contributed by atoms with Gasteiger partial charge < -0.3 is 20.8 Å². The van der Waals surface area contributed by atoms with Crippen molar-refractivity contribution >= 4 is 11.7 Å². The van der Waals surface area contributed by atoms with E-state index in [0.717, 1.165) is 0 Å². The highest BCUT2D eigenvalue weighted by atomic mass is 16.4. The Kier molecular flexibility index (Phi) is 5.16. The molecule has 1 atom stereocenters. The monoisotopic (exact) mass is 253 g/mol. The molecule has 1 rings (SSSR count). The van der Waals surface area contributed by atoms with Crippen molar-refractivity contribution < 1.29 is 10.0 Å². The van der Waals surface area contributed by atoms with Gasteiger partial charge in [0.1, 0.15) is 5.92 Å². The van der Waals surface area contributed by atoms with Crippen LogP contribution in [-0.4, -0.2) is 33.0 Å². The van der Waals surface area contributed by atoms with Crippen LogP contribution in [0.3, 0.4) is 0 Å². The lowest BCUT2D eigenvalue weighted by Gasteiger charge is -2.18. The maximum atomic E-state index is 11.9. The summed E-state index contributed by atoms with van der Waals surface area (Å²) < 4.78 is 1.86. The van der Waals surface area contributed by atoms with Gasteiger partial charge >= 0.3 is 0 Å². The number of carbonyl (C=O) groups is 1. The smallest absolute Gasteiger partial charge is 0.231 e. The van der Waals surface area contributed by atoms with Crippen LogP contribution in [0.25, 0.3) is 0 Å². The summed E-state index contributed by atoms with van der Waals surface area (Å²) in [6.07, 6.45) is 5.17. The molecule has 7 nitrogen and oxygen atoms in total. The van der Waals surface area contributed by atoms with Crippen LogP contribution in [0.1, 0.15) is 13.8 Å². The number of hydrogen-bond donors (Lipinski definition) is 3. The second-order valence-electron chi connectivity index (χ2n) is 4.34. The third-order valence-corrected chi connectivity index (χ3v) is 2.61. The number of rotatable bonds is 6. The van der Waals surface area contributed by atoms with Crippen LogP contribution < -0.4 is 11.1 Å². The molecule has 0 fully saturated rings. The van der Waals surface area contributed by atoms with Gasteiger partial charge in [0.25, 0.3) is 0 Å². The predicted molar refractivity (Wildman–Crippen MR) is 67.0 cm³/mol. The first kappa shape index (κ1) is 14.0. The van der Waals surface area contributed by atoms with Gasteiger partial charge in [0.15, 0.2) is 5.84 Å². The zero-order valence-electron chi connectivity index (χ0n) is 10.6. The molecule has 0 bridgehead atoms. The molecular formula is C11H19N5O2. The molecular weight excluding hydrogens is 234 g/mol. The molecule has 18 heavy (non-hydrogen) atoms. The lowest BCUT2D eigenvalue weighted by atomic mass is 9.94. The van der Waals surface area contributed by atoms with E-state index in [-0.39, 0.29) is 17.7 Å². The maximum absolute atomic E-state index is 11.9. The van der Waals surface area contributed by atoms with Gasteiger partial charge in [-0.3, -0.25) is 4.79 Å². The second-order valence-corrected chi connectivity index (χ2v) is 4.34. The van der Waals surface area contributed by atoms with E-state index in [1.54, 1.807) is 12.5 Å². The summed E-state index contributed by atoms with van der Waals surface area (Å²) in [6, 6.07) is 0. The number of nitrogens with one attached hydrogen (secondary N) is 1. The Balaban J connectivity index is 2.47. The summed E-state index contributed by atoms with van der Waals surface area (Å²) in [5, 5.41) is 14.3. The predicted octanol–water partition coefficient (Wildman–Crippen LogP) is 0.0179. The van der Waals surface area contributed by atoms with E-state index in [1.807, 2.05) is 24.6 Å². The van der Waals surface area contributed by atoms with Crippen molar-refractivity contribution in [2.75, 3.05) is 6.54 Å². The van der Waals surface area contributed by atoms with Gasteiger partial charge in [0, 0.05) is 25.5 Å². The zero-order valence-corrected chi connectivity index (χ0v) is 10.6. The van der Waals surface area contributed by atoms with Gasteiger partial charge in [-0.25, -0.2) is 4.98 Å². The first-order valence-electron chi connectivity index (χ1n) is 5.77. The molecule has 0 aliphatic carbocycles. The van der Waals surface area contributed by atoms with Gasteiger partial charge in [-0.05, 0) is 5.92 Å². The normalized spacial score (nSPS) is 13.6. The highest BCUT2D eigenvalue weighted by molar-refractivity contribution is 6.02. The van der Waals surface area contributed by atoms with Crippen molar-refractivity contribution in [2.45, 2.75) is 20.4 Å². The maximum Gasteiger partial charge on any atom is 0.231 e. The fourth-order valence-electron chi connectivity index (χ4n) is 1.68. The zero-order chi connectivity index (χ0) is 13.5. The van der Waals surface area contributed by atoms with Crippen molar-refractivity contribution in [3.63, 3.8) is 0 Å². The molecule has 0 aliphatic rings. The van der Waals surface area contributed by atoms with Gasteiger partial charge in [-0.2, -0.15) is 0 Å². The summed E-state index contributed by atoms with van der Waals surface area (Å²) in [5.74, 6) is -0.947. The summed E-state index contributed by atoms with van der Waals surface area (Å²) in [5.41, 5.74) is 5.51. The number of aromatic nitrogens is 2. The fourth-order valence-corrected chi connectivity index (χ4v) is 1.68. The number of amidine groups is 1. The van der Waals surface area contributed by atoms with Gasteiger partial charge in [0.2, 0.25) is 5.91 Å². The Morgan fingerprint density at radius 2 is 2.33 bits per heavy atom. The van der Waals surface area contributed by atoms with Crippen LogP contribution in [0, 0.1) is 11.8 Å². The lowest BCUT2D eigenvalue weighted by Crippen LogP contribution is -2.42. The molecule has 0 radical (unpaired) electrons. The SMILES string of the molecule is CC(C)C(C(=O)NCCn1ccnc1)C(N)=NO. The van der Waals surface area contributed by atoms with E-state index < -0.39 is 5.92 Å². The number of imidazole rings is 1. The molecule has 0 aromatic carbocycles. The molecule has 4 N–H and O–H groups in total. The van der Waals surface area contributed by atoms with Crippen LogP contribution in [-0.2, 0) is 11.3 Å². The average molecular weight is 253 g/mol. The van der Waals surface area contributed by atoms with Crippen molar-refractivity contribution in [3.05, 3.63) is 18.7 Å². The third-order valence-electron chi connectivity index (χ3n) is 2.61. The Hall–Kier alpha value is -2.05. The largest absolute Gasteiger partial charge is 0.409 e. The summed E-state index contributed by atoms with van der Waals surface area (Å²) in [7, 11) is 0. The standard InChI is InChI=1S/C11H19N5O2/c1-8(2)9(10(12)15-18)11(17)14-4-6-16-5-3-13-7-16/h3,5,7-9,18H,4,6H2,1-2H3,(H2,12,15)(H,14,17). The number of nitrogens with zero attached hydrogens (tertiary/aromatic N) is 3. The highest BCUT2D eigenvalue weighted by Crippen LogP contribution is 2.11. The Morgan fingerprint density at radius 1 is 1.61 bits per heavy atom. The van der Waals surface area contributed by atoms with E-state index in [9.17, 15) is 4.79 Å². The van der Waals surface area contributed by atoms with Crippen LogP contribution in [0.5, 0.6) is 0 Å². The molecule has 0 spiro atoms. The number of oxime groups is 1. The van der Waals surface area contributed by atoms with Gasteiger partial charge in [-0.1, -0.05) is 19.0 Å². The Bertz CT molecular complexity index is 400. The topological polar surface area (TPSA) is 106 Å².